The highest BCUT2D eigenvalue weighted by Crippen LogP contribution is 2.17. The van der Waals surface area contributed by atoms with Gasteiger partial charge in [-0.2, -0.15) is 0 Å². The third-order valence-corrected chi connectivity index (χ3v) is 3.30. The molecule has 1 aromatic rings. The fraction of sp³-hybridized carbons (Fsp3) is 0.429. The van der Waals surface area contributed by atoms with E-state index in [1.165, 1.54) is 0 Å². The Hall–Kier alpha value is -2.08. The summed E-state index contributed by atoms with van der Waals surface area (Å²) in [4.78, 5) is 23.1. The maximum atomic E-state index is 12.1. The molecule has 1 saturated heterocycles. The first-order valence-corrected chi connectivity index (χ1v) is 6.54. The lowest BCUT2D eigenvalue weighted by molar-refractivity contribution is -0.127. The Bertz CT molecular complexity index is 477. The van der Waals surface area contributed by atoms with Gasteiger partial charge in [-0.05, 0) is 24.6 Å². The number of hydrogen-bond donors (Lipinski definition) is 3. The highest BCUT2D eigenvalue weighted by atomic mass is 16.5. The van der Waals surface area contributed by atoms with Crippen molar-refractivity contribution < 1.29 is 14.3 Å². The van der Waals surface area contributed by atoms with Crippen molar-refractivity contribution in [3.8, 4) is 5.75 Å². The van der Waals surface area contributed by atoms with Crippen LogP contribution in [0.15, 0.2) is 24.3 Å². The molecule has 108 valence electrons. The largest absolute Gasteiger partial charge is 0.497 e. The van der Waals surface area contributed by atoms with Gasteiger partial charge in [-0.1, -0.05) is 12.1 Å². The van der Waals surface area contributed by atoms with Crippen molar-refractivity contribution in [1.82, 2.24) is 16.0 Å². The van der Waals surface area contributed by atoms with Crippen LogP contribution in [0.5, 0.6) is 5.75 Å². The minimum Gasteiger partial charge on any atom is -0.497 e. The van der Waals surface area contributed by atoms with E-state index >= 15 is 0 Å². The van der Waals surface area contributed by atoms with Crippen molar-refractivity contribution in [3.05, 3.63) is 29.8 Å². The van der Waals surface area contributed by atoms with Gasteiger partial charge in [0.1, 0.15) is 11.8 Å². The number of methoxy groups -OCH3 is 1. The van der Waals surface area contributed by atoms with Crippen LogP contribution in [0.4, 0.5) is 0 Å². The van der Waals surface area contributed by atoms with Crippen molar-refractivity contribution >= 4 is 11.8 Å². The number of hydrogen-bond acceptors (Lipinski definition) is 4. The highest BCUT2D eigenvalue weighted by Gasteiger charge is 2.24. The van der Waals surface area contributed by atoms with Crippen molar-refractivity contribution in [2.45, 2.75) is 19.0 Å². The predicted octanol–water partition coefficient (Wildman–Crippen LogP) is -0.0396. The van der Waals surface area contributed by atoms with Gasteiger partial charge < -0.3 is 15.4 Å². The minimum atomic E-state index is -0.381. The molecule has 2 amide bonds. The lowest BCUT2D eigenvalue weighted by atomic mass is 10.1. The molecule has 2 rings (SSSR count). The van der Waals surface area contributed by atoms with Gasteiger partial charge in [-0.15, -0.1) is 0 Å². The van der Waals surface area contributed by atoms with E-state index in [4.69, 9.17) is 4.74 Å². The molecule has 0 bridgehead atoms. The van der Waals surface area contributed by atoms with Gasteiger partial charge in [0.15, 0.2) is 0 Å². The molecule has 6 heteroatoms. The first-order chi connectivity index (χ1) is 9.60. The molecule has 0 aromatic heterocycles. The van der Waals surface area contributed by atoms with Gasteiger partial charge in [0.05, 0.1) is 19.7 Å². The normalized spacial score (nSPS) is 19.9. The summed E-state index contributed by atoms with van der Waals surface area (Å²) in [6.45, 7) is 2.41. The zero-order valence-corrected chi connectivity index (χ0v) is 11.6. The topological polar surface area (TPSA) is 79.5 Å². The van der Waals surface area contributed by atoms with Crippen LogP contribution < -0.4 is 20.7 Å². The first-order valence-electron chi connectivity index (χ1n) is 6.54. The van der Waals surface area contributed by atoms with Crippen LogP contribution in [0.3, 0.4) is 0 Å². The fourth-order valence-electron chi connectivity index (χ4n) is 2.04. The highest BCUT2D eigenvalue weighted by molar-refractivity contribution is 5.86. The molecule has 1 fully saturated rings. The maximum absolute atomic E-state index is 12.1. The Kier molecular flexibility index (Phi) is 4.57. The number of rotatable bonds is 4. The van der Waals surface area contributed by atoms with Crippen molar-refractivity contribution in [3.63, 3.8) is 0 Å². The molecule has 6 nitrogen and oxygen atoms in total. The Morgan fingerprint density at radius 1 is 1.40 bits per heavy atom. The summed E-state index contributed by atoms with van der Waals surface area (Å²) in [5.74, 6) is 0.578. The summed E-state index contributed by atoms with van der Waals surface area (Å²) >= 11 is 0. The Labute approximate surface area is 117 Å². The average Bonchev–Trinajstić information content (AvgIpc) is 2.48. The molecular weight excluding hydrogens is 258 g/mol. The van der Waals surface area contributed by atoms with E-state index in [1.54, 1.807) is 7.11 Å². The lowest BCUT2D eigenvalue weighted by Crippen LogP contribution is -2.58. The van der Waals surface area contributed by atoms with E-state index in [2.05, 4.69) is 16.0 Å². The van der Waals surface area contributed by atoms with Gasteiger partial charge in [0.25, 0.3) is 0 Å². The van der Waals surface area contributed by atoms with E-state index in [-0.39, 0.29) is 30.4 Å². The molecule has 3 N–H and O–H groups in total. The van der Waals surface area contributed by atoms with Crippen molar-refractivity contribution in [1.29, 1.82) is 0 Å². The van der Waals surface area contributed by atoms with Gasteiger partial charge in [0, 0.05) is 6.54 Å². The second-order valence-electron chi connectivity index (χ2n) is 4.74. The maximum Gasteiger partial charge on any atom is 0.239 e. The summed E-state index contributed by atoms with van der Waals surface area (Å²) in [6.07, 6.45) is 0. The smallest absolute Gasteiger partial charge is 0.239 e. The van der Waals surface area contributed by atoms with Crippen LogP contribution in [0, 0.1) is 0 Å². The number of carbonyl (C=O) groups is 2. The molecule has 1 heterocycles. The van der Waals surface area contributed by atoms with Crippen LogP contribution in [0.1, 0.15) is 18.5 Å². The first kappa shape index (κ1) is 14.3. The quantitative estimate of drug-likeness (QED) is 0.721. The molecule has 0 radical (unpaired) electrons. The van der Waals surface area contributed by atoms with Crippen LogP contribution in [-0.4, -0.2) is 38.1 Å². The number of ether oxygens (including phenoxy) is 1. The molecule has 0 saturated carbocycles. The fourth-order valence-corrected chi connectivity index (χ4v) is 2.04. The summed E-state index contributed by atoms with van der Waals surface area (Å²) in [7, 11) is 1.61. The molecule has 20 heavy (non-hydrogen) atoms. The van der Waals surface area contributed by atoms with E-state index in [1.807, 2.05) is 31.2 Å². The lowest BCUT2D eigenvalue weighted by Gasteiger charge is -2.25. The van der Waals surface area contributed by atoms with Crippen LogP contribution >= 0.6 is 0 Å². The molecular formula is C14H19N3O3. The molecule has 1 aromatic carbocycles. The van der Waals surface area contributed by atoms with Crippen LogP contribution in [-0.2, 0) is 9.59 Å². The summed E-state index contributed by atoms with van der Waals surface area (Å²) < 4.78 is 5.10. The monoisotopic (exact) mass is 277 g/mol. The standard InChI is InChI=1S/C14H19N3O3/c1-9(10-3-5-11(20-2)6-4-10)17-14(19)12-7-16-13(18)8-15-12/h3-6,9,12,15H,7-8H2,1-2H3,(H,16,18)(H,17,19)/t9-,12?/m0/s1. The molecule has 1 aliphatic heterocycles. The Morgan fingerprint density at radius 2 is 2.10 bits per heavy atom. The molecule has 0 spiro atoms. The number of piperazine rings is 1. The average molecular weight is 277 g/mol. The summed E-state index contributed by atoms with van der Waals surface area (Å²) in [5.41, 5.74) is 0.999. The number of carbonyl (C=O) groups excluding carboxylic acids is 2. The van der Waals surface area contributed by atoms with Crippen molar-refractivity contribution in [2.75, 3.05) is 20.2 Å². The predicted molar refractivity (Wildman–Crippen MR) is 74.4 cm³/mol. The summed E-state index contributed by atoms with van der Waals surface area (Å²) in [6, 6.07) is 7.06. The van der Waals surface area contributed by atoms with E-state index in [0.717, 1.165) is 11.3 Å². The molecule has 2 atom stereocenters. The number of amides is 2. The zero-order valence-electron chi connectivity index (χ0n) is 11.6. The van der Waals surface area contributed by atoms with Gasteiger partial charge in [-0.25, -0.2) is 0 Å². The molecule has 1 aliphatic rings. The molecule has 1 unspecified atom stereocenters. The van der Waals surface area contributed by atoms with Gasteiger partial charge in [-0.3, -0.25) is 14.9 Å². The molecule has 0 aliphatic carbocycles. The number of nitrogens with one attached hydrogen (secondary N) is 3. The van der Waals surface area contributed by atoms with E-state index in [0.29, 0.717) is 6.54 Å². The van der Waals surface area contributed by atoms with E-state index < -0.39 is 0 Å². The SMILES string of the molecule is COc1ccc([C@H](C)NC(=O)C2CNC(=O)CN2)cc1. The van der Waals surface area contributed by atoms with Crippen molar-refractivity contribution in [2.24, 2.45) is 0 Å². The third-order valence-electron chi connectivity index (χ3n) is 3.30. The van der Waals surface area contributed by atoms with Crippen LogP contribution in [0.2, 0.25) is 0 Å². The van der Waals surface area contributed by atoms with Gasteiger partial charge >= 0.3 is 0 Å². The van der Waals surface area contributed by atoms with Gasteiger partial charge in [0.2, 0.25) is 11.8 Å². The minimum absolute atomic E-state index is 0.0859. The van der Waals surface area contributed by atoms with E-state index in [9.17, 15) is 9.59 Å². The summed E-state index contributed by atoms with van der Waals surface area (Å²) in [5, 5.41) is 8.49. The number of benzene rings is 1. The zero-order chi connectivity index (χ0) is 14.5. The third kappa shape index (κ3) is 3.48. The van der Waals surface area contributed by atoms with Crippen LogP contribution in [0.25, 0.3) is 0 Å². The second kappa shape index (κ2) is 6.38. The Balaban J connectivity index is 1.91. The Morgan fingerprint density at radius 3 is 2.65 bits per heavy atom. The second-order valence-corrected chi connectivity index (χ2v) is 4.74.